The lowest BCUT2D eigenvalue weighted by molar-refractivity contribution is -0.149. The highest BCUT2D eigenvalue weighted by Crippen LogP contribution is 2.68. The summed E-state index contributed by atoms with van der Waals surface area (Å²) >= 11 is 0. The number of hydrogen-bond donors (Lipinski definition) is 0. The van der Waals surface area contributed by atoms with Crippen molar-refractivity contribution in [2.24, 2.45) is 34.5 Å². The third-order valence-electron chi connectivity index (χ3n) is 10.7. The van der Waals surface area contributed by atoms with E-state index in [0.29, 0.717) is 23.5 Å². The highest BCUT2D eigenvalue weighted by Gasteiger charge is 2.60. The Hall–Kier alpha value is -2.43. The number of fused-ring (bicyclic) bond motifs is 6. The molecule has 4 aliphatic rings. The summed E-state index contributed by atoms with van der Waals surface area (Å²) in [5.41, 5.74) is 5.23. The number of esters is 1. The van der Waals surface area contributed by atoms with Crippen LogP contribution in [-0.2, 0) is 14.3 Å². The maximum Gasteiger partial charge on any atom is 0.302 e. The van der Waals surface area contributed by atoms with Crippen LogP contribution in [0.5, 0.6) is 0 Å². The van der Waals surface area contributed by atoms with Crippen LogP contribution < -0.4 is 0 Å². The monoisotopic (exact) mass is 474 g/mol. The molecule has 0 bridgehead atoms. The van der Waals surface area contributed by atoms with E-state index >= 15 is 0 Å². The Kier molecular flexibility index (Phi) is 5.28. The fraction of sp³-hybridized carbons (Fsp3) is 0.633. The van der Waals surface area contributed by atoms with Crippen molar-refractivity contribution >= 4 is 28.5 Å². The number of carbonyl (C=O) groups excluding carboxylic acids is 2. The summed E-state index contributed by atoms with van der Waals surface area (Å²) in [6, 6.07) is 8.38. The molecule has 0 saturated heterocycles. The number of aromatic nitrogens is 2. The SMILES string of the molecule is CC(=O)OC1CC[C@@]2(C)C(=C(n3cnc4ccccc43)C[C@H]3[C@@H]4CC[C@H](C(C)=O)[C@@]4(C)CC[C@@H]32)C1. The average Bonchev–Trinajstić information content (AvgIpc) is 3.39. The van der Waals surface area contributed by atoms with Crippen LogP contribution in [0.15, 0.2) is 36.2 Å². The van der Waals surface area contributed by atoms with Gasteiger partial charge in [-0.3, -0.25) is 9.59 Å². The summed E-state index contributed by atoms with van der Waals surface area (Å²) in [6.07, 6.45) is 10.3. The second-order valence-electron chi connectivity index (χ2n) is 12.3. The Balaban J connectivity index is 1.48. The number of imidazole rings is 1. The molecule has 1 aromatic heterocycles. The second-order valence-corrected chi connectivity index (χ2v) is 12.3. The zero-order valence-electron chi connectivity index (χ0n) is 21.5. The molecule has 0 spiro atoms. The van der Waals surface area contributed by atoms with Crippen LogP contribution in [0.25, 0.3) is 16.7 Å². The van der Waals surface area contributed by atoms with Gasteiger partial charge in [0.2, 0.25) is 0 Å². The van der Waals surface area contributed by atoms with Gasteiger partial charge in [-0.1, -0.05) is 26.0 Å². The average molecular weight is 475 g/mol. The Morgan fingerprint density at radius 2 is 1.80 bits per heavy atom. The molecule has 7 atom stereocenters. The molecule has 4 aliphatic carbocycles. The maximum atomic E-state index is 12.6. The predicted molar refractivity (Wildman–Crippen MR) is 136 cm³/mol. The van der Waals surface area contributed by atoms with Crippen LogP contribution in [-0.4, -0.2) is 27.4 Å². The summed E-state index contributed by atoms with van der Waals surface area (Å²) in [4.78, 5) is 29.2. The molecule has 35 heavy (non-hydrogen) atoms. The quantitative estimate of drug-likeness (QED) is 0.482. The van der Waals surface area contributed by atoms with Crippen LogP contribution in [0.4, 0.5) is 0 Å². The van der Waals surface area contributed by atoms with Gasteiger partial charge in [0.1, 0.15) is 18.2 Å². The predicted octanol–water partition coefficient (Wildman–Crippen LogP) is 6.42. The van der Waals surface area contributed by atoms with Crippen LogP contribution >= 0.6 is 0 Å². The molecular weight excluding hydrogens is 436 g/mol. The number of para-hydroxylation sites is 2. The van der Waals surface area contributed by atoms with Crippen LogP contribution in [0.2, 0.25) is 0 Å². The standard InChI is InChI=1S/C30H38N2O3/c1-18(33)22-9-10-23-21-16-28(32-17-31-26-7-5-6-8-27(26)32)25-15-20(35-19(2)34)11-13-30(25,4)24(21)12-14-29(22,23)3/h5-8,17,20-24H,9-16H2,1-4H3/t20?,21-,22+,23-,24-,29+,30+/m0/s1. The van der Waals surface area contributed by atoms with Crippen molar-refractivity contribution in [2.75, 3.05) is 0 Å². The van der Waals surface area contributed by atoms with E-state index in [-0.39, 0.29) is 28.8 Å². The number of allylic oxidation sites excluding steroid dienone is 1. The number of ether oxygens (including phenoxy) is 1. The van der Waals surface area contributed by atoms with Crippen molar-refractivity contribution < 1.29 is 14.3 Å². The molecule has 2 aromatic rings. The van der Waals surface area contributed by atoms with E-state index in [0.717, 1.165) is 49.6 Å². The van der Waals surface area contributed by atoms with Gasteiger partial charge in [-0.15, -0.1) is 0 Å². The molecule has 1 heterocycles. The highest BCUT2D eigenvalue weighted by molar-refractivity contribution is 5.81. The molecule has 186 valence electrons. The van der Waals surface area contributed by atoms with Crippen LogP contribution in [0, 0.1) is 34.5 Å². The van der Waals surface area contributed by atoms with Gasteiger partial charge in [0.15, 0.2) is 0 Å². The van der Waals surface area contributed by atoms with E-state index < -0.39 is 0 Å². The third-order valence-corrected chi connectivity index (χ3v) is 10.7. The number of Topliss-reactive ketones (excluding diaryl/α,β-unsaturated/α-hetero) is 1. The Bertz CT molecular complexity index is 1230. The first-order chi connectivity index (χ1) is 16.7. The van der Waals surface area contributed by atoms with Crippen molar-refractivity contribution in [2.45, 2.75) is 85.2 Å². The molecule has 1 unspecified atom stereocenters. The topological polar surface area (TPSA) is 61.2 Å². The first-order valence-corrected chi connectivity index (χ1v) is 13.5. The van der Waals surface area contributed by atoms with E-state index in [1.54, 1.807) is 0 Å². The first-order valence-electron chi connectivity index (χ1n) is 13.5. The normalized spacial score (nSPS) is 38.6. The second kappa shape index (κ2) is 8.04. The van der Waals surface area contributed by atoms with Gasteiger partial charge >= 0.3 is 5.97 Å². The van der Waals surface area contributed by atoms with Gasteiger partial charge in [-0.2, -0.15) is 0 Å². The van der Waals surface area contributed by atoms with E-state index in [2.05, 4.69) is 36.6 Å². The Morgan fingerprint density at radius 3 is 2.57 bits per heavy atom. The summed E-state index contributed by atoms with van der Waals surface area (Å²) in [5, 5.41) is 0. The van der Waals surface area contributed by atoms with E-state index in [1.165, 1.54) is 31.0 Å². The molecule has 0 N–H and O–H groups in total. The lowest BCUT2D eigenvalue weighted by Crippen LogP contribution is -2.52. The summed E-state index contributed by atoms with van der Waals surface area (Å²) in [7, 11) is 0. The number of rotatable bonds is 3. The van der Waals surface area contributed by atoms with Crippen LogP contribution in [0.3, 0.4) is 0 Å². The molecule has 3 saturated carbocycles. The number of ketones is 1. The largest absolute Gasteiger partial charge is 0.462 e. The van der Waals surface area contributed by atoms with Crippen molar-refractivity contribution in [1.82, 2.24) is 9.55 Å². The lowest BCUT2D eigenvalue weighted by Gasteiger charge is -2.59. The van der Waals surface area contributed by atoms with Crippen LogP contribution in [0.1, 0.15) is 79.1 Å². The van der Waals surface area contributed by atoms with Gasteiger partial charge < -0.3 is 9.30 Å². The first kappa shape index (κ1) is 23.0. The van der Waals surface area contributed by atoms with E-state index in [9.17, 15) is 9.59 Å². The van der Waals surface area contributed by atoms with Gasteiger partial charge in [-0.05, 0) is 98.2 Å². The molecular formula is C30H38N2O3. The lowest BCUT2D eigenvalue weighted by atomic mass is 9.46. The fourth-order valence-corrected chi connectivity index (χ4v) is 9.16. The Morgan fingerprint density at radius 1 is 1.00 bits per heavy atom. The molecule has 0 radical (unpaired) electrons. The van der Waals surface area contributed by atoms with Crippen molar-refractivity contribution in [3.8, 4) is 0 Å². The molecule has 1 aromatic carbocycles. The van der Waals surface area contributed by atoms with Gasteiger partial charge in [0.25, 0.3) is 0 Å². The van der Waals surface area contributed by atoms with Crippen molar-refractivity contribution in [3.63, 3.8) is 0 Å². The molecule has 5 heteroatoms. The number of benzene rings is 1. The minimum atomic E-state index is -0.183. The smallest absolute Gasteiger partial charge is 0.302 e. The molecule has 3 fully saturated rings. The molecule has 6 rings (SSSR count). The number of carbonyl (C=O) groups is 2. The van der Waals surface area contributed by atoms with Crippen molar-refractivity contribution in [3.05, 3.63) is 36.2 Å². The summed E-state index contributed by atoms with van der Waals surface area (Å²) in [6.45, 7) is 8.24. The molecule has 0 aliphatic heterocycles. The zero-order chi connectivity index (χ0) is 24.5. The Labute approximate surface area is 208 Å². The third kappa shape index (κ3) is 3.37. The van der Waals surface area contributed by atoms with E-state index in [1.807, 2.05) is 19.3 Å². The fourth-order valence-electron chi connectivity index (χ4n) is 9.16. The van der Waals surface area contributed by atoms with Gasteiger partial charge in [0.05, 0.1) is 11.0 Å². The number of nitrogens with zero attached hydrogens (tertiary/aromatic N) is 2. The van der Waals surface area contributed by atoms with E-state index in [4.69, 9.17) is 9.72 Å². The van der Waals surface area contributed by atoms with Gasteiger partial charge in [-0.25, -0.2) is 4.98 Å². The van der Waals surface area contributed by atoms with Crippen molar-refractivity contribution in [1.29, 1.82) is 0 Å². The van der Waals surface area contributed by atoms with Gasteiger partial charge in [0, 0.05) is 25.0 Å². The maximum absolute atomic E-state index is 12.6. The summed E-state index contributed by atoms with van der Waals surface area (Å²) < 4.78 is 8.10. The minimum absolute atomic E-state index is 0.0423. The zero-order valence-corrected chi connectivity index (χ0v) is 21.5. The molecule has 0 amide bonds. The number of hydrogen-bond acceptors (Lipinski definition) is 4. The minimum Gasteiger partial charge on any atom is -0.462 e. The highest BCUT2D eigenvalue weighted by atomic mass is 16.5. The molecule has 5 nitrogen and oxygen atoms in total. The summed E-state index contributed by atoms with van der Waals surface area (Å²) in [5.74, 6) is 2.20.